The molecular formula is C18H24ClN3O. The maximum atomic E-state index is 6.25. The first-order valence-electron chi connectivity index (χ1n) is 8.22. The number of fused-ring (bicyclic) bond motifs is 1. The van der Waals surface area contributed by atoms with Gasteiger partial charge in [-0.25, -0.2) is 0 Å². The van der Waals surface area contributed by atoms with Crippen molar-refractivity contribution in [1.29, 1.82) is 0 Å². The van der Waals surface area contributed by atoms with Crippen LogP contribution in [0.1, 0.15) is 12.0 Å². The minimum Gasteiger partial charge on any atom is -0.383 e. The Kier molecular flexibility index (Phi) is 5.84. The van der Waals surface area contributed by atoms with Gasteiger partial charge in [0.05, 0.1) is 12.1 Å². The van der Waals surface area contributed by atoms with E-state index in [2.05, 4.69) is 21.3 Å². The molecule has 1 aromatic carbocycles. The summed E-state index contributed by atoms with van der Waals surface area (Å²) in [6.07, 6.45) is 3.09. The molecule has 0 saturated carbocycles. The highest BCUT2D eigenvalue weighted by atomic mass is 35.5. The van der Waals surface area contributed by atoms with Crippen molar-refractivity contribution in [3.8, 4) is 0 Å². The first kappa shape index (κ1) is 16.7. The van der Waals surface area contributed by atoms with Crippen LogP contribution < -0.4 is 5.32 Å². The molecule has 0 amide bonds. The Morgan fingerprint density at radius 2 is 2.30 bits per heavy atom. The molecule has 2 aromatic rings. The smallest absolute Gasteiger partial charge is 0.0761 e. The molecule has 124 valence electrons. The van der Waals surface area contributed by atoms with Crippen LogP contribution in [0.3, 0.4) is 0 Å². The molecule has 0 aliphatic carbocycles. The second-order valence-corrected chi connectivity index (χ2v) is 6.59. The largest absolute Gasteiger partial charge is 0.383 e. The summed E-state index contributed by atoms with van der Waals surface area (Å²) >= 11 is 6.25. The van der Waals surface area contributed by atoms with E-state index in [4.69, 9.17) is 16.3 Å². The van der Waals surface area contributed by atoms with Gasteiger partial charge in [-0.3, -0.25) is 4.98 Å². The molecule has 1 aliphatic heterocycles. The summed E-state index contributed by atoms with van der Waals surface area (Å²) in [4.78, 5) is 6.97. The average molecular weight is 334 g/mol. The van der Waals surface area contributed by atoms with Gasteiger partial charge in [0.25, 0.3) is 0 Å². The molecule has 1 fully saturated rings. The van der Waals surface area contributed by atoms with Crippen LogP contribution in [0.2, 0.25) is 5.02 Å². The number of benzene rings is 1. The van der Waals surface area contributed by atoms with E-state index in [1.165, 1.54) is 18.5 Å². The lowest BCUT2D eigenvalue weighted by Crippen LogP contribution is -2.28. The molecule has 0 radical (unpaired) electrons. The van der Waals surface area contributed by atoms with E-state index in [-0.39, 0.29) is 0 Å². The fourth-order valence-corrected chi connectivity index (χ4v) is 3.47. The highest BCUT2D eigenvalue weighted by molar-refractivity contribution is 6.35. The lowest BCUT2D eigenvalue weighted by molar-refractivity contribution is 0.159. The molecule has 0 spiro atoms. The van der Waals surface area contributed by atoms with Gasteiger partial charge in [0.15, 0.2) is 0 Å². The quantitative estimate of drug-likeness (QED) is 0.845. The maximum absolute atomic E-state index is 6.25. The Labute approximate surface area is 142 Å². The Bertz CT molecular complexity index is 649. The molecule has 1 saturated heterocycles. The van der Waals surface area contributed by atoms with Gasteiger partial charge >= 0.3 is 0 Å². The van der Waals surface area contributed by atoms with E-state index in [1.54, 1.807) is 7.11 Å². The lowest BCUT2D eigenvalue weighted by Gasteiger charge is -2.16. The summed E-state index contributed by atoms with van der Waals surface area (Å²) in [5, 5.41) is 5.38. The highest BCUT2D eigenvalue weighted by Gasteiger charge is 2.21. The van der Waals surface area contributed by atoms with Crippen molar-refractivity contribution >= 4 is 22.5 Å². The molecule has 0 unspecified atom stereocenters. The number of hydrogen-bond acceptors (Lipinski definition) is 4. The highest BCUT2D eigenvalue weighted by Crippen LogP contribution is 2.24. The van der Waals surface area contributed by atoms with Gasteiger partial charge in [0.2, 0.25) is 0 Å². The van der Waals surface area contributed by atoms with E-state index in [0.717, 1.165) is 54.6 Å². The number of ether oxygens (including phenoxy) is 1. The summed E-state index contributed by atoms with van der Waals surface area (Å²) < 4.78 is 5.15. The molecule has 23 heavy (non-hydrogen) atoms. The number of methoxy groups -OCH3 is 1. The van der Waals surface area contributed by atoms with E-state index in [0.29, 0.717) is 0 Å². The first-order valence-corrected chi connectivity index (χ1v) is 8.60. The molecule has 4 nitrogen and oxygen atoms in total. The van der Waals surface area contributed by atoms with E-state index < -0.39 is 0 Å². The molecule has 5 heteroatoms. The van der Waals surface area contributed by atoms with Gasteiger partial charge < -0.3 is 15.0 Å². The first-order chi connectivity index (χ1) is 11.3. The van der Waals surface area contributed by atoms with Crippen LogP contribution in [0.15, 0.2) is 30.5 Å². The van der Waals surface area contributed by atoms with Crippen molar-refractivity contribution in [3.05, 3.63) is 41.0 Å². The SMILES string of the molecule is COCCN1CC[C@H](CNCc2ccc(Cl)c3cccnc23)C1. The predicted octanol–water partition coefficient (Wildman–Crippen LogP) is 2.95. The summed E-state index contributed by atoms with van der Waals surface area (Å²) in [5.74, 6) is 0.721. The van der Waals surface area contributed by atoms with Crippen molar-refractivity contribution < 1.29 is 4.74 Å². The van der Waals surface area contributed by atoms with Crippen LogP contribution >= 0.6 is 11.6 Å². The van der Waals surface area contributed by atoms with Crippen molar-refractivity contribution in [2.45, 2.75) is 13.0 Å². The van der Waals surface area contributed by atoms with Crippen LogP contribution in [-0.2, 0) is 11.3 Å². The Hall–Kier alpha value is -1.20. The summed E-state index contributed by atoms with van der Waals surface area (Å²) in [6.45, 7) is 6.08. The van der Waals surface area contributed by atoms with E-state index in [9.17, 15) is 0 Å². The number of aromatic nitrogens is 1. The van der Waals surface area contributed by atoms with Gasteiger partial charge in [0.1, 0.15) is 0 Å². The minimum atomic E-state index is 0.721. The number of nitrogens with one attached hydrogen (secondary N) is 1. The molecule has 0 bridgehead atoms. The molecule has 1 atom stereocenters. The topological polar surface area (TPSA) is 37.4 Å². The summed E-state index contributed by atoms with van der Waals surface area (Å²) in [6, 6.07) is 7.99. The summed E-state index contributed by atoms with van der Waals surface area (Å²) in [5.41, 5.74) is 2.21. The van der Waals surface area contributed by atoms with Gasteiger partial charge in [0, 0.05) is 43.3 Å². The van der Waals surface area contributed by atoms with Gasteiger partial charge in [-0.15, -0.1) is 0 Å². The van der Waals surface area contributed by atoms with Crippen molar-refractivity contribution in [1.82, 2.24) is 15.2 Å². The molecular weight excluding hydrogens is 310 g/mol. The van der Waals surface area contributed by atoms with Crippen LogP contribution in [0.4, 0.5) is 0 Å². The normalized spacial score (nSPS) is 18.8. The third-order valence-electron chi connectivity index (χ3n) is 4.53. The number of nitrogens with zero attached hydrogens (tertiary/aromatic N) is 2. The molecule has 1 N–H and O–H groups in total. The predicted molar refractivity (Wildman–Crippen MR) is 94.9 cm³/mol. The zero-order valence-corrected chi connectivity index (χ0v) is 14.4. The zero-order chi connectivity index (χ0) is 16.1. The van der Waals surface area contributed by atoms with Crippen molar-refractivity contribution in [3.63, 3.8) is 0 Å². The number of hydrogen-bond donors (Lipinski definition) is 1. The minimum absolute atomic E-state index is 0.721. The second-order valence-electron chi connectivity index (χ2n) is 6.19. The van der Waals surface area contributed by atoms with E-state index >= 15 is 0 Å². The Morgan fingerprint density at radius 1 is 1.39 bits per heavy atom. The number of likely N-dealkylation sites (tertiary alicyclic amines) is 1. The average Bonchev–Trinajstić information content (AvgIpc) is 3.03. The third kappa shape index (κ3) is 4.21. The van der Waals surface area contributed by atoms with Crippen LogP contribution in [0.5, 0.6) is 0 Å². The Morgan fingerprint density at radius 3 is 3.17 bits per heavy atom. The molecule has 3 rings (SSSR count). The third-order valence-corrected chi connectivity index (χ3v) is 4.86. The number of rotatable bonds is 7. The van der Waals surface area contributed by atoms with Crippen LogP contribution in [-0.4, -0.2) is 49.8 Å². The maximum Gasteiger partial charge on any atom is 0.0761 e. The van der Waals surface area contributed by atoms with Gasteiger partial charge in [-0.1, -0.05) is 17.7 Å². The van der Waals surface area contributed by atoms with Crippen molar-refractivity contribution in [2.24, 2.45) is 5.92 Å². The molecule has 2 heterocycles. The van der Waals surface area contributed by atoms with Gasteiger partial charge in [-0.05, 0) is 49.2 Å². The summed E-state index contributed by atoms with van der Waals surface area (Å²) in [7, 11) is 1.76. The molecule has 1 aromatic heterocycles. The fourth-order valence-electron chi connectivity index (χ4n) is 3.25. The standard InChI is InChI=1S/C18H24ClN3O/c1-23-10-9-22-8-6-14(13-22)11-20-12-15-4-5-17(19)16-3-2-7-21-18(15)16/h2-5,7,14,20H,6,8-13H2,1H3/t14-/m1/s1. The zero-order valence-electron chi connectivity index (χ0n) is 13.6. The lowest BCUT2D eigenvalue weighted by atomic mass is 10.1. The fraction of sp³-hybridized carbons (Fsp3) is 0.500. The number of halogens is 1. The monoisotopic (exact) mass is 333 g/mol. The van der Waals surface area contributed by atoms with Gasteiger partial charge in [-0.2, -0.15) is 0 Å². The van der Waals surface area contributed by atoms with E-state index in [1.807, 2.05) is 24.4 Å². The molecule has 1 aliphatic rings. The number of pyridine rings is 1. The van der Waals surface area contributed by atoms with Crippen LogP contribution in [0.25, 0.3) is 10.9 Å². The van der Waals surface area contributed by atoms with Crippen LogP contribution in [0, 0.1) is 5.92 Å². The Balaban J connectivity index is 1.53. The van der Waals surface area contributed by atoms with Crippen molar-refractivity contribution in [2.75, 3.05) is 39.9 Å². The second kappa shape index (κ2) is 8.06.